The smallest absolute Gasteiger partial charge is 0.185 e. The highest BCUT2D eigenvalue weighted by Gasteiger charge is 2.14. The molecule has 3 aromatic rings. The van der Waals surface area contributed by atoms with Gasteiger partial charge in [-0.05, 0) is 36.6 Å². The lowest BCUT2D eigenvalue weighted by atomic mass is 10.1. The van der Waals surface area contributed by atoms with Crippen LogP contribution in [0.3, 0.4) is 0 Å². The van der Waals surface area contributed by atoms with Gasteiger partial charge in [0.15, 0.2) is 23.1 Å². The fraction of sp³-hybridized carbons (Fsp3) is 0.381. The molecular formula is C21H24N6O. The third-order valence-electron chi connectivity index (χ3n) is 4.74. The maximum absolute atomic E-state index is 6.14. The van der Waals surface area contributed by atoms with Crippen LogP contribution in [0.2, 0.25) is 0 Å². The van der Waals surface area contributed by atoms with E-state index < -0.39 is 0 Å². The van der Waals surface area contributed by atoms with E-state index in [9.17, 15) is 0 Å². The Morgan fingerprint density at radius 3 is 2.68 bits per heavy atom. The number of nitrogens with one attached hydrogen (secondary N) is 1. The van der Waals surface area contributed by atoms with Gasteiger partial charge in [0.05, 0.1) is 13.2 Å². The lowest BCUT2D eigenvalue weighted by Gasteiger charge is -2.28. The van der Waals surface area contributed by atoms with Crippen LogP contribution in [0.25, 0.3) is 22.6 Å². The van der Waals surface area contributed by atoms with Gasteiger partial charge in [-0.25, -0.2) is 15.0 Å². The maximum atomic E-state index is 6.14. The average molecular weight is 376 g/mol. The largest absolute Gasteiger partial charge is 0.382 e. The van der Waals surface area contributed by atoms with Crippen molar-refractivity contribution in [3.05, 3.63) is 30.1 Å². The van der Waals surface area contributed by atoms with Gasteiger partial charge in [-0.1, -0.05) is 19.3 Å². The van der Waals surface area contributed by atoms with Crippen LogP contribution in [0.5, 0.6) is 0 Å². The van der Waals surface area contributed by atoms with Gasteiger partial charge in [-0.3, -0.25) is 0 Å². The molecule has 1 saturated heterocycles. The van der Waals surface area contributed by atoms with Crippen LogP contribution in [-0.4, -0.2) is 46.2 Å². The Morgan fingerprint density at radius 1 is 1.14 bits per heavy atom. The van der Waals surface area contributed by atoms with Crippen LogP contribution in [-0.2, 0) is 4.74 Å². The molecular weight excluding hydrogens is 352 g/mol. The van der Waals surface area contributed by atoms with Gasteiger partial charge in [0.1, 0.15) is 5.52 Å². The zero-order valence-corrected chi connectivity index (χ0v) is 16.0. The zero-order valence-electron chi connectivity index (χ0n) is 16.0. The van der Waals surface area contributed by atoms with E-state index >= 15 is 0 Å². The number of benzene rings is 1. The summed E-state index contributed by atoms with van der Waals surface area (Å²) in [6, 6.07) is 8.20. The van der Waals surface area contributed by atoms with E-state index in [-0.39, 0.29) is 0 Å². The van der Waals surface area contributed by atoms with Crippen molar-refractivity contribution in [1.82, 2.24) is 19.9 Å². The zero-order chi connectivity index (χ0) is 19.3. The summed E-state index contributed by atoms with van der Waals surface area (Å²) in [5, 5.41) is 0. The molecule has 0 atom stereocenters. The number of ether oxygens (including phenoxy) is 1. The summed E-state index contributed by atoms with van der Waals surface area (Å²) in [7, 11) is 0. The number of morpholine rings is 1. The molecule has 1 fully saturated rings. The number of nitrogen functional groups attached to an aromatic ring is 1. The standard InChI is InChI=1S/C21H24N6O/c1-2-3-4-5-6-17-23-18-19(22)25-20(26-21(18)24-17)15-7-9-16(10-8-15)27-11-13-28-14-12-27/h7-10H,2-4,11-14H2,1H3,(H3,22,23,24,25,26). The molecule has 0 radical (unpaired) electrons. The maximum Gasteiger partial charge on any atom is 0.185 e. The third kappa shape index (κ3) is 3.92. The van der Waals surface area contributed by atoms with Crippen LogP contribution in [0.15, 0.2) is 24.3 Å². The molecule has 28 heavy (non-hydrogen) atoms. The highest BCUT2D eigenvalue weighted by molar-refractivity contribution is 5.84. The molecule has 2 aromatic heterocycles. The average Bonchev–Trinajstić information content (AvgIpc) is 3.16. The summed E-state index contributed by atoms with van der Waals surface area (Å²) < 4.78 is 5.41. The Morgan fingerprint density at radius 2 is 1.93 bits per heavy atom. The number of aromatic nitrogens is 4. The molecule has 0 amide bonds. The van der Waals surface area contributed by atoms with Crippen molar-refractivity contribution in [2.24, 2.45) is 0 Å². The number of aromatic amines is 1. The first kappa shape index (κ1) is 18.3. The number of fused-ring (bicyclic) bond motifs is 1. The van der Waals surface area contributed by atoms with Gasteiger partial charge in [0, 0.05) is 30.8 Å². The van der Waals surface area contributed by atoms with Crippen LogP contribution < -0.4 is 10.6 Å². The first-order chi connectivity index (χ1) is 13.7. The van der Waals surface area contributed by atoms with E-state index in [1.54, 1.807) is 0 Å². The van der Waals surface area contributed by atoms with Crippen LogP contribution in [0.4, 0.5) is 11.5 Å². The number of unbranched alkanes of at least 4 members (excludes halogenated alkanes) is 2. The lowest BCUT2D eigenvalue weighted by Crippen LogP contribution is -2.36. The summed E-state index contributed by atoms with van der Waals surface area (Å²) in [4.78, 5) is 18.9. The van der Waals surface area contributed by atoms with Gasteiger partial charge < -0.3 is 20.4 Å². The Bertz CT molecular complexity index is 1010. The molecule has 3 heterocycles. The highest BCUT2D eigenvalue weighted by atomic mass is 16.5. The predicted molar refractivity (Wildman–Crippen MR) is 111 cm³/mol. The quantitative estimate of drug-likeness (QED) is 0.537. The second-order valence-corrected chi connectivity index (χ2v) is 6.77. The van der Waals surface area contributed by atoms with Crippen molar-refractivity contribution >= 4 is 22.7 Å². The summed E-state index contributed by atoms with van der Waals surface area (Å²) in [6.45, 7) is 5.49. The number of imidazole rings is 1. The van der Waals surface area contributed by atoms with Gasteiger partial charge in [0.2, 0.25) is 0 Å². The van der Waals surface area contributed by atoms with Crippen LogP contribution in [0, 0.1) is 11.8 Å². The first-order valence-corrected chi connectivity index (χ1v) is 9.70. The van der Waals surface area contributed by atoms with Crippen molar-refractivity contribution in [3.8, 4) is 23.2 Å². The van der Waals surface area contributed by atoms with Crippen molar-refractivity contribution in [1.29, 1.82) is 0 Å². The second kappa shape index (κ2) is 8.28. The Labute approximate surface area is 164 Å². The molecule has 7 heteroatoms. The number of hydrogen-bond acceptors (Lipinski definition) is 6. The van der Waals surface area contributed by atoms with Crippen molar-refractivity contribution in [3.63, 3.8) is 0 Å². The SMILES string of the molecule is CCCCC#Cc1nc2nc(-c3ccc(N4CCOCC4)cc3)nc(N)c2[nH]1. The fourth-order valence-corrected chi connectivity index (χ4v) is 3.16. The normalized spacial score (nSPS) is 14.1. The lowest BCUT2D eigenvalue weighted by molar-refractivity contribution is 0.122. The molecule has 1 aromatic carbocycles. The number of nitrogens with two attached hydrogens (primary N) is 1. The topological polar surface area (TPSA) is 92.9 Å². The third-order valence-corrected chi connectivity index (χ3v) is 4.74. The minimum absolute atomic E-state index is 0.381. The molecule has 0 bridgehead atoms. The molecule has 0 spiro atoms. The summed E-state index contributed by atoms with van der Waals surface area (Å²) >= 11 is 0. The number of nitrogens with zero attached hydrogens (tertiary/aromatic N) is 4. The van der Waals surface area contributed by atoms with Gasteiger partial charge >= 0.3 is 0 Å². The van der Waals surface area contributed by atoms with E-state index in [1.165, 1.54) is 5.69 Å². The van der Waals surface area contributed by atoms with E-state index in [0.717, 1.165) is 51.1 Å². The summed E-state index contributed by atoms with van der Waals surface area (Å²) in [5.74, 6) is 7.69. The van der Waals surface area contributed by atoms with Crippen molar-refractivity contribution < 1.29 is 4.74 Å². The Hall–Kier alpha value is -3.11. The summed E-state index contributed by atoms with van der Waals surface area (Å²) in [5.41, 5.74) is 9.39. The van der Waals surface area contributed by atoms with E-state index in [4.69, 9.17) is 10.5 Å². The van der Waals surface area contributed by atoms with E-state index in [1.807, 2.05) is 12.1 Å². The molecule has 4 rings (SSSR count). The molecule has 1 aliphatic rings. The molecule has 0 saturated carbocycles. The van der Waals surface area contributed by atoms with E-state index in [2.05, 4.69) is 55.7 Å². The van der Waals surface area contributed by atoms with Gasteiger partial charge in [-0.2, -0.15) is 0 Å². The second-order valence-electron chi connectivity index (χ2n) is 6.77. The molecule has 7 nitrogen and oxygen atoms in total. The minimum atomic E-state index is 0.381. The molecule has 144 valence electrons. The van der Waals surface area contributed by atoms with Gasteiger partial charge in [-0.15, -0.1) is 0 Å². The number of rotatable bonds is 4. The van der Waals surface area contributed by atoms with Crippen molar-refractivity contribution in [2.45, 2.75) is 26.2 Å². The highest BCUT2D eigenvalue weighted by Crippen LogP contribution is 2.24. The number of hydrogen-bond donors (Lipinski definition) is 2. The van der Waals surface area contributed by atoms with Crippen LogP contribution in [0.1, 0.15) is 32.0 Å². The number of H-pyrrole nitrogens is 1. The predicted octanol–water partition coefficient (Wildman–Crippen LogP) is 2.98. The first-order valence-electron chi connectivity index (χ1n) is 9.70. The molecule has 0 unspecified atom stereocenters. The van der Waals surface area contributed by atoms with Gasteiger partial charge in [0.25, 0.3) is 0 Å². The van der Waals surface area contributed by atoms with Crippen LogP contribution >= 0.6 is 0 Å². The Balaban J connectivity index is 1.58. The monoisotopic (exact) mass is 376 g/mol. The minimum Gasteiger partial charge on any atom is -0.382 e. The summed E-state index contributed by atoms with van der Waals surface area (Å²) in [6.07, 6.45) is 3.07. The fourth-order valence-electron chi connectivity index (χ4n) is 3.16. The Kier molecular flexibility index (Phi) is 5.40. The molecule has 1 aliphatic heterocycles. The number of anilines is 2. The van der Waals surface area contributed by atoms with E-state index in [0.29, 0.717) is 28.6 Å². The molecule has 3 N–H and O–H groups in total. The van der Waals surface area contributed by atoms with Crippen molar-refractivity contribution in [2.75, 3.05) is 36.9 Å². The molecule has 0 aliphatic carbocycles.